The summed E-state index contributed by atoms with van der Waals surface area (Å²) >= 11 is 0. The zero-order chi connectivity index (χ0) is 9.68. The van der Waals surface area contributed by atoms with Gasteiger partial charge in [0.05, 0.1) is 16.3 Å². The quantitative estimate of drug-likeness (QED) is 0.372. The van der Waals surface area contributed by atoms with E-state index in [0.29, 0.717) is 0 Å². The van der Waals surface area contributed by atoms with E-state index in [1.165, 1.54) is 18.2 Å². The zero-order valence-corrected chi connectivity index (χ0v) is 6.39. The lowest BCUT2D eigenvalue weighted by atomic mass is 10.2. The van der Waals surface area contributed by atoms with Crippen LogP contribution < -0.4 is 10.9 Å². The first kappa shape index (κ1) is 8.91. The Balaban J connectivity index is 3.08. The van der Waals surface area contributed by atoms with E-state index in [4.69, 9.17) is 0 Å². The maximum atomic E-state index is 9.87. The van der Waals surface area contributed by atoms with Gasteiger partial charge in [0.25, 0.3) is 0 Å². The topological polar surface area (TPSA) is 103 Å². The second-order valence-electron chi connectivity index (χ2n) is 2.11. The van der Waals surface area contributed by atoms with Gasteiger partial charge >= 0.3 is 0 Å². The van der Waals surface area contributed by atoms with E-state index in [9.17, 15) is 14.9 Å². The fraction of sp³-hybridized carbons (Fsp3) is 0. The van der Waals surface area contributed by atoms with Gasteiger partial charge in [0, 0.05) is 0 Å². The third kappa shape index (κ3) is 1.89. The van der Waals surface area contributed by atoms with Gasteiger partial charge in [-0.05, 0) is 12.1 Å². The lowest BCUT2D eigenvalue weighted by Gasteiger charge is -2.05. The lowest BCUT2D eigenvalue weighted by molar-refractivity contribution is 0.477. The zero-order valence-electron chi connectivity index (χ0n) is 6.39. The highest BCUT2D eigenvalue weighted by atomic mass is 16.3. The molecule has 13 heavy (non-hydrogen) atoms. The van der Waals surface area contributed by atoms with Crippen molar-refractivity contribution in [2.75, 3.05) is 10.9 Å². The van der Waals surface area contributed by atoms with Crippen molar-refractivity contribution in [2.45, 2.75) is 0 Å². The number of anilines is 2. The van der Waals surface area contributed by atoms with Crippen molar-refractivity contribution in [3.05, 3.63) is 28.0 Å². The van der Waals surface area contributed by atoms with Crippen molar-refractivity contribution in [1.82, 2.24) is 0 Å². The number of phenols is 1. The highest BCUT2D eigenvalue weighted by Crippen LogP contribution is 2.31. The molecule has 0 saturated heterocycles. The fourth-order valence-corrected chi connectivity index (χ4v) is 0.846. The van der Waals surface area contributed by atoms with Gasteiger partial charge < -0.3 is 5.11 Å². The average molecular weight is 182 g/mol. The molecule has 0 saturated carbocycles. The smallest absolute Gasteiger partial charge is 0.142 e. The van der Waals surface area contributed by atoms with Crippen molar-refractivity contribution in [3.8, 4) is 5.75 Å². The molecule has 0 bridgehead atoms. The van der Waals surface area contributed by atoms with Crippen LogP contribution in [0, 0.1) is 9.81 Å². The highest BCUT2D eigenvalue weighted by Gasteiger charge is 2.06. The van der Waals surface area contributed by atoms with Gasteiger partial charge in [-0.25, -0.2) is 10.9 Å². The van der Waals surface area contributed by atoms with Gasteiger partial charge in [0.15, 0.2) is 0 Å². The third-order valence-corrected chi connectivity index (χ3v) is 1.37. The van der Waals surface area contributed by atoms with E-state index in [2.05, 4.69) is 10.6 Å². The summed E-state index contributed by atoms with van der Waals surface area (Å²) in [4.78, 5) is 19.7. The third-order valence-electron chi connectivity index (χ3n) is 1.37. The first-order valence-electron chi connectivity index (χ1n) is 3.28. The minimum Gasteiger partial charge on any atom is -0.506 e. The number of phenolic OH excluding ortho intramolecular Hbond substituents is 1. The van der Waals surface area contributed by atoms with E-state index in [1.807, 2.05) is 10.9 Å². The van der Waals surface area contributed by atoms with Crippen LogP contribution in [0.25, 0.3) is 0 Å². The Kier molecular flexibility index (Phi) is 2.74. The van der Waals surface area contributed by atoms with Crippen LogP contribution in [0.2, 0.25) is 0 Å². The molecule has 7 nitrogen and oxygen atoms in total. The molecular formula is C6H6N4O3. The molecule has 0 heterocycles. The molecule has 0 aliphatic carbocycles. The molecule has 0 unspecified atom stereocenters. The molecule has 0 atom stereocenters. The summed E-state index contributed by atoms with van der Waals surface area (Å²) in [6.45, 7) is 0. The van der Waals surface area contributed by atoms with Crippen LogP contribution in [0.5, 0.6) is 5.75 Å². The van der Waals surface area contributed by atoms with Gasteiger partial charge in [-0.2, -0.15) is 0 Å². The summed E-state index contributed by atoms with van der Waals surface area (Å²) in [5.41, 5.74) is 4.22. The number of para-hydroxylation sites is 1. The molecule has 3 N–H and O–H groups in total. The summed E-state index contributed by atoms with van der Waals surface area (Å²) in [6, 6.07) is 4.27. The van der Waals surface area contributed by atoms with Crippen LogP contribution in [0.4, 0.5) is 11.4 Å². The average Bonchev–Trinajstić information content (AvgIpc) is 2.11. The number of aromatic hydroxyl groups is 1. The Labute approximate surface area is 72.7 Å². The minimum atomic E-state index is -0.201. The SMILES string of the molecule is O=NNc1cccc(O)c1NN=O. The van der Waals surface area contributed by atoms with Crippen molar-refractivity contribution < 1.29 is 5.11 Å². The Bertz CT molecular complexity index is 328. The summed E-state index contributed by atoms with van der Waals surface area (Å²) in [6.07, 6.45) is 0. The predicted octanol–water partition coefficient (Wildman–Crippen LogP) is 1.58. The fourth-order valence-electron chi connectivity index (χ4n) is 0.846. The van der Waals surface area contributed by atoms with Crippen molar-refractivity contribution in [2.24, 2.45) is 10.6 Å². The van der Waals surface area contributed by atoms with Gasteiger partial charge in [0.2, 0.25) is 0 Å². The number of hydrogen-bond donors (Lipinski definition) is 3. The second kappa shape index (κ2) is 4.00. The molecule has 0 spiro atoms. The largest absolute Gasteiger partial charge is 0.506 e. The molecule has 1 aromatic rings. The van der Waals surface area contributed by atoms with Gasteiger partial charge in [-0.15, -0.1) is 9.81 Å². The van der Waals surface area contributed by atoms with Gasteiger partial charge in [-0.1, -0.05) is 6.07 Å². The van der Waals surface area contributed by atoms with E-state index in [-0.39, 0.29) is 17.1 Å². The second-order valence-corrected chi connectivity index (χ2v) is 2.11. The van der Waals surface area contributed by atoms with Crippen LogP contribution in [0.15, 0.2) is 28.8 Å². The molecule has 1 aromatic carbocycles. The van der Waals surface area contributed by atoms with E-state index in [0.717, 1.165) is 0 Å². The van der Waals surface area contributed by atoms with Crippen molar-refractivity contribution in [1.29, 1.82) is 0 Å². The van der Waals surface area contributed by atoms with E-state index >= 15 is 0 Å². The van der Waals surface area contributed by atoms with Crippen molar-refractivity contribution >= 4 is 11.4 Å². The number of nitroso groups, excluding NO2 is 2. The number of rotatable bonds is 4. The number of hydrogen-bond acceptors (Lipinski definition) is 5. The van der Waals surface area contributed by atoms with Gasteiger partial charge in [-0.3, -0.25) is 0 Å². The van der Waals surface area contributed by atoms with E-state index in [1.54, 1.807) is 0 Å². The molecule has 0 amide bonds. The predicted molar refractivity (Wildman–Crippen MR) is 46.9 cm³/mol. The maximum Gasteiger partial charge on any atom is 0.142 e. The standard InChI is InChI=1S/C6H6N4O3/c11-5-3-1-2-4(7-9-12)6(5)8-10-13/h1-3,11H,(H,7,12)(H,8,13). The van der Waals surface area contributed by atoms with Crippen LogP contribution in [-0.4, -0.2) is 5.11 Å². The first-order chi connectivity index (χ1) is 6.29. The lowest BCUT2D eigenvalue weighted by Crippen LogP contribution is -1.94. The molecule has 1 rings (SSSR count). The van der Waals surface area contributed by atoms with Crippen molar-refractivity contribution in [3.63, 3.8) is 0 Å². The molecule has 0 aromatic heterocycles. The maximum absolute atomic E-state index is 9.87. The summed E-state index contributed by atoms with van der Waals surface area (Å²) in [5.74, 6) is -0.201. The van der Waals surface area contributed by atoms with Crippen LogP contribution in [0.1, 0.15) is 0 Å². The van der Waals surface area contributed by atoms with Crippen LogP contribution in [0.3, 0.4) is 0 Å². The van der Waals surface area contributed by atoms with Crippen LogP contribution in [-0.2, 0) is 0 Å². The van der Waals surface area contributed by atoms with E-state index < -0.39 is 0 Å². The van der Waals surface area contributed by atoms with Gasteiger partial charge in [0.1, 0.15) is 11.4 Å². The summed E-state index contributed by atoms with van der Waals surface area (Å²) in [5, 5.41) is 14.0. The number of nitrogens with one attached hydrogen (secondary N) is 2. The Morgan fingerprint density at radius 3 is 2.46 bits per heavy atom. The monoisotopic (exact) mass is 182 g/mol. The summed E-state index contributed by atoms with van der Waals surface area (Å²) in [7, 11) is 0. The molecule has 0 aliphatic rings. The molecular weight excluding hydrogens is 176 g/mol. The Morgan fingerprint density at radius 2 is 1.85 bits per heavy atom. The summed E-state index contributed by atoms with van der Waals surface area (Å²) < 4.78 is 0. The Morgan fingerprint density at radius 1 is 1.15 bits per heavy atom. The molecule has 0 aliphatic heterocycles. The molecule has 0 radical (unpaired) electrons. The Hall–Kier alpha value is -2.18. The van der Waals surface area contributed by atoms with Crippen LogP contribution >= 0.6 is 0 Å². The molecule has 7 heteroatoms. The minimum absolute atomic E-state index is 0.0112. The number of benzene rings is 1. The normalized spacial score (nSPS) is 8.92. The molecule has 68 valence electrons. The number of nitrogens with zero attached hydrogens (tertiary/aromatic N) is 2. The molecule has 0 fully saturated rings. The first-order valence-corrected chi connectivity index (χ1v) is 3.28. The highest BCUT2D eigenvalue weighted by molar-refractivity contribution is 5.74.